The summed E-state index contributed by atoms with van der Waals surface area (Å²) in [4.78, 5) is 14.2. The van der Waals surface area contributed by atoms with Gasteiger partial charge < -0.3 is 19.8 Å². The van der Waals surface area contributed by atoms with Crippen molar-refractivity contribution in [1.29, 1.82) is 0 Å². The molecule has 1 saturated heterocycles. The van der Waals surface area contributed by atoms with Crippen LogP contribution in [0.25, 0.3) is 0 Å². The summed E-state index contributed by atoms with van der Waals surface area (Å²) in [7, 11) is 0. The van der Waals surface area contributed by atoms with Crippen LogP contribution in [-0.4, -0.2) is 30.4 Å². The van der Waals surface area contributed by atoms with Gasteiger partial charge in [0.05, 0.1) is 0 Å². The molecule has 1 aliphatic heterocycles. The Morgan fingerprint density at radius 3 is 2.77 bits per heavy atom. The van der Waals surface area contributed by atoms with Crippen LogP contribution in [0.5, 0.6) is 11.7 Å². The standard InChI is InChI=1S/C17H20N2O3/c1-17(11-18)9-10-19(12-17)16(20)14-7-8-15(22-14)21-13-5-3-2-4-6-13/h2-8H,9-12,18H2,1H3. The van der Waals surface area contributed by atoms with Gasteiger partial charge in [0.15, 0.2) is 5.76 Å². The van der Waals surface area contributed by atoms with E-state index in [1.807, 2.05) is 30.3 Å². The zero-order chi connectivity index (χ0) is 15.6. The molecule has 5 nitrogen and oxygen atoms in total. The maximum absolute atomic E-state index is 12.5. The number of benzene rings is 1. The van der Waals surface area contributed by atoms with Gasteiger partial charge in [-0.3, -0.25) is 4.79 Å². The van der Waals surface area contributed by atoms with Crippen LogP contribution in [0, 0.1) is 5.41 Å². The lowest BCUT2D eigenvalue weighted by Crippen LogP contribution is -2.34. The summed E-state index contributed by atoms with van der Waals surface area (Å²) in [5.41, 5.74) is 5.78. The van der Waals surface area contributed by atoms with Crippen LogP contribution in [-0.2, 0) is 0 Å². The van der Waals surface area contributed by atoms with Crippen LogP contribution >= 0.6 is 0 Å². The molecular formula is C17H20N2O3. The van der Waals surface area contributed by atoms with Crippen molar-refractivity contribution < 1.29 is 13.9 Å². The Hall–Kier alpha value is -2.27. The molecule has 1 aromatic carbocycles. The fourth-order valence-electron chi connectivity index (χ4n) is 2.61. The van der Waals surface area contributed by atoms with Gasteiger partial charge in [-0.25, -0.2) is 0 Å². The fourth-order valence-corrected chi connectivity index (χ4v) is 2.61. The summed E-state index contributed by atoms with van der Waals surface area (Å²) in [5.74, 6) is 1.18. The Kier molecular flexibility index (Phi) is 3.90. The maximum Gasteiger partial charge on any atom is 0.290 e. The van der Waals surface area contributed by atoms with Crippen molar-refractivity contribution in [2.75, 3.05) is 19.6 Å². The smallest absolute Gasteiger partial charge is 0.290 e. The third kappa shape index (κ3) is 2.99. The van der Waals surface area contributed by atoms with Gasteiger partial charge in [0, 0.05) is 19.2 Å². The van der Waals surface area contributed by atoms with E-state index in [0.29, 0.717) is 37.1 Å². The van der Waals surface area contributed by atoms with E-state index in [1.54, 1.807) is 17.0 Å². The number of nitrogens with zero attached hydrogens (tertiary/aromatic N) is 1. The summed E-state index contributed by atoms with van der Waals surface area (Å²) in [5, 5.41) is 0. The number of rotatable bonds is 4. The Morgan fingerprint density at radius 2 is 2.09 bits per heavy atom. The minimum Gasteiger partial charge on any atom is -0.426 e. The molecule has 0 bridgehead atoms. The van der Waals surface area contributed by atoms with E-state index >= 15 is 0 Å². The lowest BCUT2D eigenvalue weighted by molar-refractivity contribution is 0.0740. The molecule has 1 aliphatic rings. The van der Waals surface area contributed by atoms with Crippen LogP contribution in [0.3, 0.4) is 0 Å². The summed E-state index contributed by atoms with van der Waals surface area (Å²) in [6.45, 7) is 4.06. The molecule has 1 atom stereocenters. The van der Waals surface area contributed by atoms with Crippen molar-refractivity contribution in [3.63, 3.8) is 0 Å². The van der Waals surface area contributed by atoms with Crippen molar-refractivity contribution in [2.45, 2.75) is 13.3 Å². The molecule has 1 fully saturated rings. The SMILES string of the molecule is CC1(CN)CCN(C(=O)c2ccc(Oc3ccccc3)o2)C1. The van der Waals surface area contributed by atoms with Gasteiger partial charge in [-0.1, -0.05) is 25.1 Å². The number of furan rings is 1. The van der Waals surface area contributed by atoms with Crippen molar-refractivity contribution in [1.82, 2.24) is 4.90 Å². The van der Waals surface area contributed by atoms with Gasteiger partial charge in [0.2, 0.25) is 0 Å². The first kappa shape index (κ1) is 14.7. The maximum atomic E-state index is 12.5. The van der Waals surface area contributed by atoms with E-state index in [9.17, 15) is 4.79 Å². The van der Waals surface area contributed by atoms with E-state index in [-0.39, 0.29) is 11.3 Å². The molecule has 116 valence electrons. The minimum atomic E-state index is -0.111. The Morgan fingerprint density at radius 1 is 1.32 bits per heavy atom. The molecule has 0 saturated carbocycles. The molecule has 1 unspecified atom stereocenters. The highest BCUT2D eigenvalue weighted by Gasteiger charge is 2.36. The van der Waals surface area contributed by atoms with Crippen LogP contribution in [0.4, 0.5) is 0 Å². The lowest BCUT2D eigenvalue weighted by atomic mass is 9.90. The molecule has 0 radical (unpaired) electrons. The summed E-state index contributed by atoms with van der Waals surface area (Å²) >= 11 is 0. The Labute approximate surface area is 129 Å². The number of nitrogens with two attached hydrogens (primary N) is 1. The average Bonchev–Trinajstić information content (AvgIpc) is 3.15. The van der Waals surface area contributed by atoms with Gasteiger partial charge in [-0.15, -0.1) is 0 Å². The number of likely N-dealkylation sites (tertiary alicyclic amines) is 1. The second-order valence-corrected chi connectivity index (χ2v) is 6.03. The first-order chi connectivity index (χ1) is 10.6. The van der Waals surface area contributed by atoms with Gasteiger partial charge >= 0.3 is 0 Å². The molecule has 2 aromatic rings. The third-order valence-electron chi connectivity index (χ3n) is 4.09. The highest BCUT2D eigenvalue weighted by molar-refractivity contribution is 5.91. The molecule has 0 spiro atoms. The van der Waals surface area contributed by atoms with Crippen LogP contribution in [0.1, 0.15) is 23.9 Å². The van der Waals surface area contributed by atoms with Crippen molar-refractivity contribution in [3.8, 4) is 11.7 Å². The van der Waals surface area contributed by atoms with Crippen molar-refractivity contribution >= 4 is 5.91 Å². The third-order valence-corrected chi connectivity index (χ3v) is 4.09. The van der Waals surface area contributed by atoms with E-state index in [4.69, 9.17) is 14.9 Å². The van der Waals surface area contributed by atoms with Gasteiger partial charge in [-0.2, -0.15) is 0 Å². The van der Waals surface area contributed by atoms with Gasteiger partial charge in [-0.05, 0) is 36.6 Å². The zero-order valence-electron chi connectivity index (χ0n) is 12.6. The molecule has 2 heterocycles. The number of amides is 1. The molecule has 5 heteroatoms. The van der Waals surface area contributed by atoms with Crippen LogP contribution in [0.15, 0.2) is 46.9 Å². The molecule has 1 amide bonds. The molecule has 2 N–H and O–H groups in total. The van der Waals surface area contributed by atoms with Crippen LogP contribution in [0.2, 0.25) is 0 Å². The van der Waals surface area contributed by atoms with Gasteiger partial charge in [0.25, 0.3) is 11.9 Å². The van der Waals surface area contributed by atoms with Crippen molar-refractivity contribution in [3.05, 3.63) is 48.2 Å². The zero-order valence-corrected chi connectivity index (χ0v) is 12.6. The summed E-state index contributed by atoms with van der Waals surface area (Å²) in [6, 6.07) is 12.6. The first-order valence-corrected chi connectivity index (χ1v) is 7.42. The summed E-state index contributed by atoms with van der Waals surface area (Å²) in [6.07, 6.45) is 0.920. The minimum absolute atomic E-state index is 0.00558. The highest BCUT2D eigenvalue weighted by atomic mass is 16.6. The molecular weight excluding hydrogens is 280 g/mol. The van der Waals surface area contributed by atoms with E-state index < -0.39 is 0 Å². The largest absolute Gasteiger partial charge is 0.426 e. The van der Waals surface area contributed by atoms with Crippen molar-refractivity contribution in [2.24, 2.45) is 11.1 Å². The van der Waals surface area contributed by atoms with E-state index in [0.717, 1.165) is 6.42 Å². The lowest BCUT2D eigenvalue weighted by Gasteiger charge is -2.21. The van der Waals surface area contributed by atoms with Crippen LogP contribution < -0.4 is 10.5 Å². The van der Waals surface area contributed by atoms with E-state index in [2.05, 4.69) is 6.92 Å². The Bertz CT molecular complexity index is 653. The first-order valence-electron chi connectivity index (χ1n) is 7.42. The predicted molar refractivity (Wildman–Crippen MR) is 82.9 cm³/mol. The Balaban J connectivity index is 1.67. The van der Waals surface area contributed by atoms with E-state index in [1.165, 1.54) is 0 Å². The number of carbonyl (C=O) groups excluding carboxylic acids is 1. The predicted octanol–water partition coefficient (Wildman–Crippen LogP) is 2.88. The fraction of sp³-hybridized carbons (Fsp3) is 0.353. The average molecular weight is 300 g/mol. The topological polar surface area (TPSA) is 68.7 Å². The second-order valence-electron chi connectivity index (χ2n) is 6.03. The normalized spacial score (nSPS) is 21.1. The number of hydrogen-bond donors (Lipinski definition) is 1. The quantitative estimate of drug-likeness (QED) is 0.942. The molecule has 3 rings (SSSR count). The molecule has 1 aromatic heterocycles. The number of carbonyl (C=O) groups is 1. The highest BCUT2D eigenvalue weighted by Crippen LogP contribution is 2.30. The summed E-state index contributed by atoms with van der Waals surface area (Å²) < 4.78 is 11.1. The molecule has 22 heavy (non-hydrogen) atoms. The number of ether oxygens (including phenoxy) is 1. The number of hydrogen-bond acceptors (Lipinski definition) is 4. The molecule has 0 aliphatic carbocycles. The van der Waals surface area contributed by atoms with Gasteiger partial charge in [0.1, 0.15) is 5.75 Å². The second kappa shape index (κ2) is 5.85. The number of para-hydroxylation sites is 1. The monoisotopic (exact) mass is 300 g/mol.